The van der Waals surface area contributed by atoms with Crippen molar-refractivity contribution in [1.82, 2.24) is 9.78 Å². The zero-order chi connectivity index (χ0) is 20.3. The van der Waals surface area contributed by atoms with E-state index in [9.17, 15) is 14.0 Å². The Morgan fingerprint density at radius 2 is 2.00 bits per heavy atom. The fraction of sp³-hybridized carbons (Fsp3) is 0.150. The van der Waals surface area contributed by atoms with Crippen LogP contribution >= 0.6 is 11.6 Å². The number of H-pyrrole nitrogens is 1. The van der Waals surface area contributed by atoms with Gasteiger partial charge in [0.05, 0.1) is 34.1 Å². The van der Waals surface area contributed by atoms with Crippen molar-refractivity contribution < 1.29 is 13.9 Å². The van der Waals surface area contributed by atoms with Crippen LogP contribution in [0.4, 0.5) is 10.1 Å². The highest BCUT2D eigenvalue weighted by atomic mass is 35.5. The summed E-state index contributed by atoms with van der Waals surface area (Å²) in [7, 11) is 0. The number of aromatic amines is 1. The second kappa shape index (κ2) is 8.22. The van der Waals surface area contributed by atoms with E-state index < -0.39 is 5.97 Å². The van der Waals surface area contributed by atoms with Crippen LogP contribution in [0.15, 0.2) is 52.3 Å². The molecule has 2 aromatic carbocycles. The molecule has 3 aromatic rings. The van der Waals surface area contributed by atoms with Crippen LogP contribution in [0.5, 0.6) is 0 Å². The Balaban J connectivity index is 1.93. The SMILES string of the molecule is CCOC(=O)c1cc(N=Cc2c(C)[nH]n(-c3ccc(F)cc3)c2=O)ccc1Cl. The summed E-state index contributed by atoms with van der Waals surface area (Å²) in [4.78, 5) is 28.9. The van der Waals surface area contributed by atoms with Crippen LogP contribution in [0, 0.1) is 12.7 Å². The maximum Gasteiger partial charge on any atom is 0.339 e. The number of hydrogen-bond acceptors (Lipinski definition) is 4. The second-order valence-electron chi connectivity index (χ2n) is 5.91. The number of carbonyl (C=O) groups excluding carboxylic acids is 1. The lowest BCUT2D eigenvalue weighted by atomic mass is 10.2. The van der Waals surface area contributed by atoms with Gasteiger partial charge in [-0.2, -0.15) is 0 Å². The predicted octanol–water partition coefficient (Wildman–Crippen LogP) is 4.19. The lowest BCUT2D eigenvalue weighted by Crippen LogP contribution is -2.17. The summed E-state index contributed by atoms with van der Waals surface area (Å²) >= 11 is 6.04. The van der Waals surface area contributed by atoms with E-state index in [2.05, 4.69) is 10.1 Å². The molecule has 0 spiro atoms. The summed E-state index contributed by atoms with van der Waals surface area (Å²) in [6.45, 7) is 3.66. The van der Waals surface area contributed by atoms with E-state index in [1.165, 1.54) is 41.2 Å². The number of rotatable bonds is 5. The lowest BCUT2D eigenvalue weighted by molar-refractivity contribution is 0.0526. The van der Waals surface area contributed by atoms with Crippen molar-refractivity contribution in [3.05, 3.63) is 80.5 Å². The number of aromatic nitrogens is 2. The molecule has 0 bridgehead atoms. The number of carbonyl (C=O) groups is 1. The molecule has 0 aliphatic carbocycles. The molecule has 3 rings (SSSR count). The first-order valence-electron chi connectivity index (χ1n) is 8.49. The first kappa shape index (κ1) is 19.6. The van der Waals surface area contributed by atoms with Gasteiger partial charge in [0.1, 0.15) is 5.82 Å². The smallest absolute Gasteiger partial charge is 0.339 e. The summed E-state index contributed by atoms with van der Waals surface area (Å²) in [5.41, 5.74) is 1.76. The topological polar surface area (TPSA) is 76.4 Å². The van der Waals surface area contributed by atoms with Gasteiger partial charge < -0.3 is 4.74 Å². The van der Waals surface area contributed by atoms with Gasteiger partial charge in [0.25, 0.3) is 5.56 Å². The number of aliphatic imine (C=N–C) groups is 1. The van der Waals surface area contributed by atoms with E-state index >= 15 is 0 Å². The van der Waals surface area contributed by atoms with Gasteiger partial charge in [-0.15, -0.1) is 0 Å². The monoisotopic (exact) mass is 401 g/mol. The van der Waals surface area contributed by atoms with Gasteiger partial charge in [0, 0.05) is 11.9 Å². The molecule has 1 N–H and O–H groups in total. The predicted molar refractivity (Wildman–Crippen MR) is 106 cm³/mol. The number of halogens is 2. The Bertz CT molecular complexity index is 1100. The number of aryl methyl sites for hydroxylation is 1. The van der Waals surface area contributed by atoms with Gasteiger partial charge in [-0.1, -0.05) is 11.6 Å². The van der Waals surface area contributed by atoms with Crippen LogP contribution in [-0.2, 0) is 4.74 Å². The van der Waals surface area contributed by atoms with Crippen molar-refractivity contribution in [2.24, 2.45) is 4.99 Å². The van der Waals surface area contributed by atoms with E-state index in [1.807, 2.05) is 0 Å². The maximum absolute atomic E-state index is 13.1. The second-order valence-corrected chi connectivity index (χ2v) is 6.32. The van der Waals surface area contributed by atoms with E-state index in [0.29, 0.717) is 22.6 Å². The first-order valence-corrected chi connectivity index (χ1v) is 8.86. The van der Waals surface area contributed by atoms with E-state index in [4.69, 9.17) is 16.3 Å². The van der Waals surface area contributed by atoms with Crippen LogP contribution in [0.2, 0.25) is 5.02 Å². The van der Waals surface area contributed by atoms with Gasteiger partial charge in [0.2, 0.25) is 0 Å². The Hall–Kier alpha value is -3.19. The Morgan fingerprint density at radius 1 is 1.29 bits per heavy atom. The molecule has 0 radical (unpaired) electrons. The molecule has 0 atom stereocenters. The Kier molecular flexibility index (Phi) is 5.75. The lowest BCUT2D eigenvalue weighted by Gasteiger charge is -2.04. The fourth-order valence-corrected chi connectivity index (χ4v) is 2.78. The van der Waals surface area contributed by atoms with Gasteiger partial charge >= 0.3 is 5.97 Å². The van der Waals surface area contributed by atoms with Crippen LogP contribution < -0.4 is 5.56 Å². The number of nitrogens with one attached hydrogen (secondary N) is 1. The minimum absolute atomic E-state index is 0.202. The average molecular weight is 402 g/mol. The quantitative estimate of drug-likeness (QED) is 0.514. The minimum atomic E-state index is -0.541. The average Bonchev–Trinajstić information content (AvgIpc) is 2.96. The molecule has 0 unspecified atom stereocenters. The highest BCUT2D eigenvalue weighted by molar-refractivity contribution is 6.33. The molecule has 1 aromatic heterocycles. The van der Waals surface area contributed by atoms with Gasteiger partial charge in [-0.25, -0.2) is 13.9 Å². The summed E-state index contributed by atoms with van der Waals surface area (Å²) in [5, 5.41) is 3.19. The number of benzene rings is 2. The summed E-state index contributed by atoms with van der Waals surface area (Å²) in [5.74, 6) is -0.928. The van der Waals surface area contributed by atoms with Crippen molar-refractivity contribution in [2.75, 3.05) is 6.61 Å². The number of esters is 1. The van der Waals surface area contributed by atoms with Crippen LogP contribution in [0.1, 0.15) is 28.5 Å². The maximum atomic E-state index is 13.1. The molecule has 1 heterocycles. The number of nitrogens with zero attached hydrogens (tertiary/aromatic N) is 2. The fourth-order valence-electron chi connectivity index (χ4n) is 2.58. The van der Waals surface area contributed by atoms with Crippen LogP contribution in [0.3, 0.4) is 0 Å². The van der Waals surface area contributed by atoms with Crippen molar-refractivity contribution in [2.45, 2.75) is 13.8 Å². The third-order valence-electron chi connectivity index (χ3n) is 3.99. The molecule has 0 aliphatic heterocycles. The molecule has 28 heavy (non-hydrogen) atoms. The van der Waals surface area contributed by atoms with Crippen molar-refractivity contribution in [3.63, 3.8) is 0 Å². The molecule has 0 aliphatic rings. The highest BCUT2D eigenvalue weighted by Crippen LogP contribution is 2.23. The Morgan fingerprint density at radius 3 is 2.68 bits per heavy atom. The molecule has 144 valence electrons. The van der Waals surface area contributed by atoms with E-state index in [-0.39, 0.29) is 28.6 Å². The molecule has 0 saturated carbocycles. The Labute approximate surface area is 165 Å². The molecule has 8 heteroatoms. The van der Waals surface area contributed by atoms with E-state index in [0.717, 1.165) is 0 Å². The van der Waals surface area contributed by atoms with Crippen LogP contribution in [0.25, 0.3) is 5.69 Å². The number of ether oxygens (including phenoxy) is 1. The number of hydrogen-bond donors (Lipinski definition) is 1. The zero-order valence-electron chi connectivity index (χ0n) is 15.2. The molecular weight excluding hydrogens is 385 g/mol. The standard InChI is InChI=1S/C20H17ClFN3O3/c1-3-28-20(27)16-10-14(6-9-18(16)21)23-11-17-12(2)24-25(19(17)26)15-7-4-13(22)5-8-15/h4-11,24H,3H2,1-2H3. The summed E-state index contributed by atoms with van der Waals surface area (Å²) in [6, 6.07) is 10.2. The van der Waals surface area contributed by atoms with Crippen molar-refractivity contribution in [3.8, 4) is 5.69 Å². The molecule has 0 fully saturated rings. The third kappa shape index (κ3) is 4.04. The normalized spacial score (nSPS) is 11.1. The van der Waals surface area contributed by atoms with E-state index in [1.54, 1.807) is 26.0 Å². The summed E-state index contributed by atoms with van der Waals surface area (Å²) in [6.07, 6.45) is 1.41. The highest BCUT2D eigenvalue weighted by Gasteiger charge is 2.13. The first-order chi connectivity index (χ1) is 13.4. The molecule has 0 saturated heterocycles. The molecule has 0 amide bonds. The van der Waals surface area contributed by atoms with Gasteiger partial charge in [0.15, 0.2) is 0 Å². The van der Waals surface area contributed by atoms with Gasteiger partial charge in [-0.3, -0.25) is 14.9 Å². The molecule has 6 nitrogen and oxygen atoms in total. The minimum Gasteiger partial charge on any atom is -0.462 e. The third-order valence-corrected chi connectivity index (χ3v) is 4.32. The van der Waals surface area contributed by atoms with Gasteiger partial charge in [-0.05, 0) is 56.3 Å². The largest absolute Gasteiger partial charge is 0.462 e. The van der Waals surface area contributed by atoms with Crippen LogP contribution in [-0.4, -0.2) is 28.6 Å². The zero-order valence-corrected chi connectivity index (χ0v) is 16.0. The summed E-state index contributed by atoms with van der Waals surface area (Å²) < 4.78 is 19.4. The molecular formula is C20H17ClFN3O3. The van der Waals surface area contributed by atoms with Crippen molar-refractivity contribution >= 4 is 29.5 Å². The van der Waals surface area contributed by atoms with Crippen molar-refractivity contribution in [1.29, 1.82) is 0 Å².